The maximum absolute atomic E-state index is 12.0. The topological polar surface area (TPSA) is 63.8 Å². The van der Waals surface area contributed by atoms with Gasteiger partial charge in [-0.3, -0.25) is 4.79 Å². The number of nitrogens with zero attached hydrogens (tertiary/aromatic N) is 1. The number of ether oxygens (including phenoxy) is 1. The molecule has 0 radical (unpaired) electrons. The lowest BCUT2D eigenvalue weighted by molar-refractivity contribution is 0.0953. The smallest absolute Gasteiger partial charge is 0.274 e. The van der Waals surface area contributed by atoms with E-state index in [0.717, 1.165) is 11.1 Å². The fraction of sp³-hybridized carbons (Fsp3) is 0.176. The summed E-state index contributed by atoms with van der Waals surface area (Å²) in [4.78, 5) is 12.0. The van der Waals surface area contributed by atoms with Crippen molar-refractivity contribution in [1.29, 1.82) is 0 Å². The average Bonchev–Trinajstić information content (AvgIpc) is 2.85. The number of carbonyl (C=O) groups excluding carboxylic acids is 1. The van der Waals surface area contributed by atoms with Crippen molar-refractivity contribution >= 4 is 41.4 Å². The van der Waals surface area contributed by atoms with Crippen LogP contribution in [0.15, 0.2) is 33.3 Å². The van der Waals surface area contributed by atoms with Gasteiger partial charge in [0.15, 0.2) is 0 Å². The maximum atomic E-state index is 12.0. The van der Waals surface area contributed by atoms with Crippen molar-refractivity contribution in [3.05, 3.63) is 56.5 Å². The molecular weight excluding hydrogens is 351 g/mol. The van der Waals surface area contributed by atoms with Crippen molar-refractivity contribution in [2.45, 2.75) is 13.8 Å². The fourth-order valence-corrected chi connectivity index (χ4v) is 2.97. The Balaban J connectivity index is 1.72. The van der Waals surface area contributed by atoms with Crippen LogP contribution in [0.3, 0.4) is 0 Å². The van der Waals surface area contributed by atoms with Crippen LogP contribution >= 0.6 is 23.2 Å². The monoisotopic (exact) mass is 364 g/mol. The van der Waals surface area contributed by atoms with Gasteiger partial charge in [-0.15, -0.1) is 0 Å². The van der Waals surface area contributed by atoms with Gasteiger partial charge in [0.05, 0.1) is 16.8 Å². The van der Waals surface area contributed by atoms with E-state index < -0.39 is 0 Å². The molecule has 3 rings (SSSR count). The van der Waals surface area contributed by atoms with Crippen molar-refractivity contribution in [2.75, 3.05) is 6.61 Å². The van der Waals surface area contributed by atoms with Gasteiger partial charge in [-0.25, -0.2) is 5.43 Å². The highest BCUT2D eigenvalue weighted by Gasteiger charge is 2.15. The molecule has 0 aliphatic carbocycles. The van der Waals surface area contributed by atoms with E-state index >= 15 is 0 Å². The molecule has 1 amide bonds. The van der Waals surface area contributed by atoms with Crippen molar-refractivity contribution in [3.8, 4) is 5.75 Å². The van der Waals surface area contributed by atoms with Crippen LogP contribution in [0.2, 0.25) is 10.0 Å². The van der Waals surface area contributed by atoms with Gasteiger partial charge >= 0.3 is 0 Å². The van der Waals surface area contributed by atoms with E-state index in [4.69, 9.17) is 32.4 Å². The lowest BCUT2D eigenvalue weighted by Crippen LogP contribution is -2.18. The van der Waals surface area contributed by atoms with Crippen LogP contribution in [0.5, 0.6) is 5.75 Å². The summed E-state index contributed by atoms with van der Waals surface area (Å²) < 4.78 is 10.9. The number of hydrogen-bond donors (Lipinski definition) is 1. The second kappa shape index (κ2) is 6.71. The minimum Gasteiger partial charge on any atom is -0.487 e. The lowest BCUT2D eigenvalue weighted by atomic mass is 10.1. The standard InChI is InChI=1S/C17H14Cl2N2O3/c1-9-3-14(10(2)24-9)17(22)21-20-7-11-4-12-5-13(18)6-15(19)16(12)23-8-11/h3-7H,8H2,1-2H3,(H,21,22)/b20-7-. The highest BCUT2D eigenvalue weighted by molar-refractivity contribution is 6.36. The molecule has 7 heteroatoms. The Morgan fingerprint density at radius 1 is 1.29 bits per heavy atom. The summed E-state index contributed by atoms with van der Waals surface area (Å²) >= 11 is 12.1. The first kappa shape index (κ1) is 16.6. The minimum absolute atomic E-state index is 0.303. The second-order valence-electron chi connectivity index (χ2n) is 5.34. The molecule has 0 saturated heterocycles. The third-order valence-corrected chi connectivity index (χ3v) is 3.94. The lowest BCUT2D eigenvalue weighted by Gasteiger charge is -2.17. The highest BCUT2D eigenvalue weighted by atomic mass is 35.5. The molecule has 0 fully saturated rings. The zero-order valence-electron chi connectivity index (χ0n) is 13.0. The van der Waals surface area contributed by atoms with Crippen LogP contribution in [0.4, 0.5) is 0 Å². The van der Waals surface area contributed by atoms with Gasteiger partial charge in [-0.05, 0) is 38.1 Å². The van der Waals surface area contributed by atoms with Gasteiger partial charge in [-0.2, -0.15) is 5.10 Å². The summed E-state index contributed by atoms with van der Waals surface area (Å²) in [5.74, 6) is 1.49. The number of rotatable bonds is 3. The van der Waals surface area contributed by atoms with Gasteiger partial charge in [0.1, 0.15) is 23.9 Å². The second-order valence-corrected chi connectivity index (χ2v) is 6.18. The van der Waals surface area contributed by atoms with Crippen molar-refractivity contribution < 1.29 is 13.9 Å². The number of nitrogens with one attached hydrogen (secondary N) is 1. The summed E-state index contributed by atoms with van der Waals surface area (Å²) in [7, 11) is 0. The molecule has 1 aromatic carbocycles. The van der Waals surface area contributed by atoms with E-state index in [9.17, 15) is 4.79 Å². The minimum atomic E-state index is -0.329. The highest BCUT2D eigenvalue weighted by Crippen LogP contribution is 2.36. The molecule has 1 aliphatic rings. The largest absolute Gasteiger partial charge is 0.487 e. The summed E-state index contributed by atoms with van der Waals surface area (Å²) in [5.41, 5.74) is 4.48. The Kier molecular flexibility index (Phi) is 4.64. The van der Waals surface area contributed by atoms with Crippen LogP contribution in [0.25, 0.3) is 6.08 Å². The van der Waals surface area contributed by atoms with Crippen LogP contribution in [0.1, 0.15) is 27.4 Å². The van der Waals surface area contributed by atoms with Crippen molar-refractivity contribution in [2.24, 2.45) is 5.10 Å². The molecule has 1 aliphatic heterocycles. The molecule has 0 saturated carbocycles. The van der Waals surface area contributed by atoms with E-state index in [1.165, 1.54) is 6.21 Å². The molecule has 0 bridgehead atoms. The van der Waals surface area contributed by atoms with Gasteiger partial charge in [0, 0.05) is 16.2 Å². The predicted molar refractivity (Wildman–Crippen MR) is 94.1 cm³/mol. The molecule has 2 aromatic rings. The molecule has 0 atom stereocenters. The molecule has 24 heavy (non-hydrogen) atoms. The molecule has 1 N–H and O–H groups in total. The number of amides is 1. The van der Waals surface area contributed by atoms with Crippen molar-refractivity contribution in [3.63, 3.8) is 0 Å². The van der Waals surface area contributed by atoms with Crippen LogP contribution in [0, 0.1) is 13.8 Å². The Bertz CT molecular complexity index is 869. The van der Waals surface area contributed by atoms with Gasteiger partial charge in [-0.1, -0.05) is 23.2 Å². The van der Waals surface area contributed by atoms with Crippen molar-refractivity contribution in [1.82, 2.24) is 5.43 Å². The Hall–Kier alpha value is -2.24. The Morgan fingerprint density at radius 2 is 2.08 bits per heavy atom. The number of hydrogen-bond acceptors (Lipinski definition) is 4. The van der Waals surface area contributed by atoms with E-state index in [1.807, 2.05) is 6.08 Å². The van der Waals surface area contributed by atoms with Gasteiger partial charge in [0.2, 0.25) is 0 Å². The fourth-order valence-electron chi connectivity index (χ4n) is 2.40. The summed E-state index contributed by atoms with van der Waals surface area (Å²) in [6.07, 6.45) is 3.39. The number of hydrazone groups is 1. The molecule has 0 unspecified atom stereocenters. The first-order valence-electron chi connectivity index (χ1n) is 7.17. The number of carbonyl (C=O) groups is 1. The van der Waals surface area contributed by atoms with Crippen LogP contribution < -0.4 is 10.2 Å². The first-order valence-corrected chi connectivity index (χ1v) is 7.92. The number of fused-ring (bicyclic) bond motifs is 1. The summed E-state index contributed by atoms with van der Waals surface area (Å²) in [6.45, 7) is 3.82. The number of benzene rings is 1. The molecule has 2 heterocycles. The molecule has 1 aromatic heterocycles. The van der Waals surface area contributed by atoms with Gasteiger partial charge in [0.25, 0.3) is 5.91 Å². The number of furan rings is 1. The molecule has 5 nitrogen and oxygen atoms in total. The Labute approximate surface area is 148 Å². The third-order valence-electron chi connectivity index (χ3n) is 3.44. The molecule has 0 spiro atoms. The number of halogens is 2. The SMILES string of the molecule is Cc1cc(C(=O)N/N=C\C2=Cc3cc(Cl)cc(Cl)c3OC2)c(C)o1. The van der Waals surface area contributed by atoms with E-state index in [0.29, 0.717) is 39.5 Å². The zero-order chi connectivity index (χ0) is 17.3. The van der Waals surface area contributed by atoms with Crippen LogP contribution in [-0.2, 0) is 0 Å². The molecule has 124 valence electrons. The number of aryl methyl sites for hydroxylation is 2. The van der Waals surface area contributed by atoms with E-state index in [1.54, 1.807) is 32.0 Å². The maximum Gasteiger partial charge on any atom is 0.274 e. The average molecular weight is 365 g/mol. The third kappa shape index (κ3) is 3.47. The normalized spacial score (nSPS) is 13.4. The van der Waals surface area contributed by atoms with E-state index in [2.05, 4.69) is 10.5 Å². The van der Waals surface area contributed by atoms with Crippen LogP contribution in [-0.4, -0.2) is 18.7 Å². The molecular formula is C17H14Cl2N2O3. The first-order chi connectivity index (χ1) is 11.4. The van der Waals surface area contributed by atoms with Gasteiger partial charge < -0.3 is 9.15 Å². The Morgan fingerprint density at radius 3 is 2.79 bits per heavy atom. The van der Waals surface area contributed by atoms with E-state index in [-0.39, 0.29) is 5.91 Å². The summed E-state index contributed by atoms with van der Waals surface area (Å²) in [5, 5.41) is 4.94. The predicted octanol–water partition coefficient (Wildman–Crippen LogP) is 4.39. The quantitative estimate of drug-likeness (QED) is 0.648. The zero-order valence-corrected chi connectivity index (χ0v) is 14.5. The summed E-state index contributed by atoms with van der Waals surface area (Å²) in [6, 6.07) is 5.06.